The van der Waals surface area contributed by atoms with E-state index in [1.807, 2.05) is 55.5 Å². The summed E-state index contributed by atoms with van der Waals surface area (Å²) in [5.74, 6) is -0.470. The average Bonchev–Trinajstić information content (AvgIpc) is 3.28. The van der Waals surface area contributed by atoms with Crippen LogP contribution in [0.4, 0.5) is 0 Å². The first kappa shape index (κ1) is 22.7. The Kier molecular flexibility index (Phi) is 5.16. The van der Waals surface area contributed by atoms with E-state index >= 15 is 0 Å². The van der Waals surface area contributed by atoms with E-state index in [9.17, 15) is 13.2 Å². The van der Waals surface area contributed by atoms with Gasteiger partial charge < -0.3 is 19.1 Å². The first-order valence-electron chi connectivity index (χ1n) is 11.2. The summed E-state index contributed by atoms with van der Waals surface area (Å²) >= 11 is 0. The summed E-state index contributed by atoms with van der Waals surface area (Å²) in [6.07, 6.45) is 1.82. The highest BCUT2D eigenvalue weighted by Crippen LogP contribution is 2.40. The van der Waals surface area contributed by atoms with Crippen LogP contribution in [0.3, 0.4) is 0 Å². The molecule has 0 fully saturated rings. The molecule has 3 N–H and O–H groups in total. The molecular formula is C26H19N5O5S. The number of hydrogen-bond acceptors (Lipinski definition) is 8. The van der Waals surface area contributed by atoms with Crippen LogP contribution in [0.2, 0.25) is 0 Å². The molecule has 1 amide bonds. The highest BCUT2D eigenvalue weighted by Gasteiger charge is 2.32. The molecule has 0 radical (unpaired) electrons. The third-order valence-corrected chi connectivity index (χ3v) is 6.73. The number of aromatic amines is 1. The zero-order chi connectivity index (χ0) is 25.7. The number of primary amides is 1. The Morgan fingerprint density at radius 2 is 1.89 bits per heavy atom. The fourth-order valence-corrected chi connectivity index (χ4v) is 5.15. The Morgan fingerprint density at radius 3 is 2.70 bits per heavy atom. The number of aryl methyl sites for hydroxylation is 1. The fraction of sp³-hybridized carbons (Fsp3) is 0.0769. The van der Waals surface area contributed by atoms with Gasteiger partial charge in [-0.25, -0.2) is 4.98 Å². The predicted molar refractivity (Wildman–Crippen MR) is 135 cm³/mol. The van der Waals surface area contributed by atoms with Gasteiger partial charge in [-0.2, -0.15) is 0 Å². The lowest BCUT2D eigenvalue weighted by Gasteiger charge is -2.21. The van der Waals surface area contributed by atoms with Crippen molar-refractivity contribution in [3.05, 3.63) is 89.5 Å². The second kappa shape index (κ2) is 8.42. The Morgan fingerprint density at radius 1 is 1.03 bits per heavy atom. The number of nitrogens with one attached hydrogen (secondary N) is 1. The van der Waals surface area contributed by atoms with Crippen LogP contribution in [-0.4, -0.2) is 34.3 Å². The lowest BCUT2D eigenvalue weighted by Crippen LogP contribution is -2.25. The van der Waals surface area contributed by atoms with Gasteiger partial charge >= 0.3 is 10.4 Å². The third kappa shape index (κ3) is 4.15. The van der Waals surface area contributed by atoms with Crippen LogP contribution in [0.15, 0.2) is 66.9 Å². The van der Waals surface area contributed by atoms with E-state index in [4.69, 9.17) is 19.1 Å². The van der Waals surface area contributed by atoms with Crippen LogP contribution in [0.1, 0.15) is 27.4 Å². The Hall–Kier alpha value is -4.77. The minimum Gasteiger partial charge on any atom is -0.365 e. The van der Waals surface area contributed by atoms with Crippen molar-refractivity contribution in [2.24, 2.45) is 5.73 Å². The van der Waals surface area contributed by atoms with Gasteiger partial charge in [0.15, 0.2) is 11.5 Å². The highest BCUT2D eigenvalue weighted by atomic mass is 32.3. The number of hydrogen-bond donors (Lipinski definition) is 2. The van der Waals surface area contributed by atoms with Gasteiger partial charge in [-0.1, -0.05) is 18.2 Å². The normalized spacial score (nSPS) is 13.6. The number of benzene rings is 2. The standard InChI is InChI=1S/C26H19N5O5S/c1-14-4-2-6-20(29-14)24-23(16-7-9-19-15(12-16)5-3-11-28-19)30-22(31-24)13-18-21-10-8-17(26(27)32)25(18)36-37(33,34)35-21/h2-12H,13H2,1H3,(H2,27,32)(H,30,31). The maximum Gasteiger partial charge on any atom is 0.501 e. The molecule has 6 rings (SSSR count). The third-order valence-electron chi connectivity index (χ3n) is 5.98. The summed E-state index contributed by atoms with van der Waals surface area (Å²) in [6, 6.07) is 18.1. The van der Waals surface area contributed by atoms with Crippen molar-refractivity contribution in [3.8, 4) is 34.1 Å². The molecule has 0 aliphatic carbocycles. The number of H-pyrrole nitrogens is 1. The number of carbonyl (C=O) groups excluding carboxylic acids is 1. The Balaban J connectivity index is 1.51. The van der Waals surface area contributed by atoms with Crippen LogP contribution >= 0.6 is 0 Å². The van der Waals surface area contributed by atoms with Gasteiger partial charge in [-0.15, -0.1) is 8.42 Å². The maximum absolute atomic E-state index is 12.1. The van der Waals surface area contributed by atoms with Crippen LogP contribution in [0.5, 0.6) is 11.5 Å². The summed E-state index contributed by atoms with van der Waals surface area (Å²) in [5.41, 5.74) is 10.3. The molecule has 1 aliphatic rings. The Labute approximate surface area is 211 Å². The molecule has 2 bridgehead atoms. The number of rotatable bonds is 5. The molecule has 4 heterocycles. The van der Waals surface area contributed by atoms with Crippen molar-refractivity contribution >= 4 is 27.2 Å². The molecular weight excluding hydrogens is 494 g/mol. The summed E-state index contributed by atoms with van der Waals surface area (Å²) in [4.78, 5) is 29.2. The van der Waals surface area contributed by atoms with Crippen molar-refractivity contribution in [1.29, 1.82) is 0 Å². The van der Waals surface area contributed by atoms with Crippen LogP contribution in [0.25, 0.3) is 33.5 Å². The number of nitrogens with zero attached hydrogens (tertiary/aromatic N) is 3. The molecule has 0 spiro atoms. The molecule has 184 valence electrons. The molecule has 1 aliphatic heterocycles. The Bertz CT molecular complexity index is 1830. The van der Waals surface area contributed by atoms with Crippen molar-refractivity contribution in [1.82, 2.24) is 19.9 Å². The molecule has 3 aromatic heterocycles. The molecule has 0 saturated heterocycles. The maximum atomic E-state index is 12.1. The van der Waals surface area contributed by atoms with Gasteiger partial charge in [0.25, 0.3) is 5.91 Å². The molecule has 0 atom stereocenters. The van der Waals surface area contributed by atoms with Crippen LogP contribution in [-0.2, 0) is 16.8 Å². The predicted octanol–water partition coefficient (Wildman–Crippen LogP) is 3.70. The van der Waals surface area contributed by atoms with E-state index in [0.717, 1.165) is 22.2 Å². The van der Waals surface area contributed by atoms with Crippen molar-refractivity contribution in [2.45, 2.75) is 13.3 Å². The minimum absolute atomic E-state index is 0.0382. The number of amides is 1. The van der Waals surface area contributed by atoms with E-state index in [1.165, 1.54) is 12.1 Å². The van der Waals surface area contributed by atoms with E-state index in [2.05, 4.69) is 15.0 Å². The summed E-state index contributed by atoms with van der Waals surface area (Å²) in [6.45, 7) is 1.90. The van der Waals surface area contributed by atoms with Gasteiger partial charge in [-0.3, -0.25) is 14.8 Å². The molecule has 37 heavy (non-hydrogen) atoms. The first-order chi connectivity index (χ1) is 17.8. The van der Waals surface area contributed by atoms with Gasteiger partial charge in [0.1, 0.15) is 5.82 Å². The van der Waals surface area contributed by atoms with Crippen LogP contribution in [0, 0.1) is 6.92 Å². The van der Waals surface area contributed by atoms with Gasteiger partial charge in [0.05, 0.1) is 28.2 Å². The molecule has 2 aromatic carbocycles. The number of imidazole rings is 1. The second-order valence-corrected chi connectivity index (χ2v) is 9.67. The minimum atomic E-state index is -4.37. The monoisotopic (exact) mass is 513 g/mol. The van der Waals surface area contributed by atoms with E-state index in [0.29, 0.717) is 28.5 Å². The number of nitrogens with two attached hydrogens (primary N) is 1. The molecule has 0 saturated carbocycles. The highest BCUT2D eigenvalue weighted by molar-refractivity contribution is 7.82. The van der Waals surface area contributed by atoms with Crippen molar-refractivity contribution in [3.63, 3.8) is 0 Å². The zero-order valence-electron chi connectivity index (χ0n) is 19.4. The quantitative estimate of drug-likeness (QED) is 0.361. The summed E-state index contributed by atoms with van der Waals surface area (Å²) < 4.78 is 34.2. The van der Waals surface area contributed by atoms with Gasteiger partial charge in [0.2, 0.25) is 0 Å². The summed E-state index contributed by atoms with van der Waals surface area (Å²) in [5, 5.41) is 0.952. The lowest BCUT2D eigenvalue weighted by atomic mass is 10.0. The van der Waals surface area contributed by atoms with Crippen molar-refractivity contribution < 1.29 is 21.6 Å². The van der Waals surface area contributed by atoms with E-state index in [1.54, 1.807) is 6.20 Å². The zero-order valence-corrected chi connectivity index (χ0v) is 20.2. The van der Waals surface area contributed by atoms with E-state index < -0.39 is 16.3 Å². The number of fused-ring (bicyclic) bond motifs is 3. The molecule has 10 nitrogen and oxygen atoms in total. The van der Waals surface area contributed by atoms with Gasteiger partial charge in [-0.05, 0) is 49.4 Å². The summed E-state index contributed by atoms with van der Waals surface area (Å²) in [7, 11) is -4.37. The average molecular weight is 514 g/mol. The van der Waals surface area contributed by atoms with Crippen LogP contribution < -0.4 is 14.1 Å². The second-order valence-electron chi connectivity index (χ2n) is 8.52. The lowest BCUT2D eigenvalue weighted by molar-refractivity contribution is 0.0998. The van der Waals surface area contributed by atoms with Crippen molar-refractivity contribution in [2.75, 3.05) is 0 Å². The largest absolute Gasteiger partial charge is 0.501 e. The first-order valence-corrected chi connectivity index (χ1v) is 12.6. The molecule has 5 aromatic rings. The fourth-order valence-electron chi connectivity index (χ4n) is 4.35. The smallest absolute Gasteiger partial charge is 0.365 e. The number of carbonyl (C=O) groups is 1. The number of aromatic nitrogens is 4. The van der Waals surface area contributed by atoms with E-state index in [-0.39, 0.29) is 23.5 Å². The molecule has 11 heteroatoms. The SMILES string of the molecule is Cc1cccc(-c2[nH]c(Cc3c4ccc(C(N)=O)c3OS(=O)(=O)O4)nc2-c2ccc3ncccc3c2)n1. The molecule has 0 unspecified atom stereocenters. The topological polar surface area (TPSA) is 150 Å². The van der Waals surface area contributed by atoms with Gasteiger partial charge in [0, 0.05) is 34.8 Å². The number of pyridine rings is 2.